The predicted molar refractivity (Wildman–Crippen MR) is 133 cm³/mol. The van der Waals surface area contributed by atoms with Crippen molar-refractivity contribution in [2.24, 2.45) is 10.4 Å². The van der Waals surface area contributed by atoms with Crippen LogP contribution in [0.5, 0.6) is 0 Å². The molecule has 1 N–H and O–H groups in total. The molecule has 0 saturated carbocycles. The molecule has 3 aliphatic heterocycles. The maximum atomic E-state index is 13.0. The number of piperidine rings is 1. The van der Waals surface area contributed by atoms with Crippen LogP contribution in [0.1, 0.15) is 44.6 Å². The Morgan fingerprint density at radius 1 is 1.19 bits per heavy atom. The Labute approximate surface area is 203 Å². The lowest BCUT2D eigenvalue weighted by atomic mass is 9.87. The second kappa shape index (κ2) is 10.8. The molecule has 7 nitrogen and oxygen atoms in total. The van der Waals surface area contributed by atoms with Gasteiger partial charge in [0.05, 0.1) is 18.0 Å². The van der Waals surface area contributed by atoms with Crippen LogP contribution in [0.2, 0.25) is 0 Å². The van der Waals surface area contributed by atoms with Crippen LogP contribution in [0.4, 0.5) is 0 Å². The largest absolute Gasteiger partial charge is 0.381 e. The number of hydrogen-bond donors (Lipinski definition) is 1. The molecule has 0 aromatic heterocycles. The number of hydrogen-bond acceptors (Lipinski definition) is 4. The van der Waals surface area contributed by atoms with Crippen LogP contribution in [-0.4, -0.2) is 69.5 Å². The van der Waals surface area contributed by atoms with Gasteiger partial charge in [0.1, 0.15) is 0 Å². The van der Waals surface area contributed by atoms with Gasteiger partial charge >= 0.3 is 0 Å². The van der Waals surface area contributed by atoms with E-state index in [4.69, 9.17) is 9.73 Å². The molecule has 3 fully saturated rings. The van der Waals surface area contributed by atoms with Crippen molar-refractivity contribution in [1.82, 2.24) is 14.5 Å². The van der Waals surface area contributed by atoms with E-state index in [2.05, 4.69) is 17.1 Å². The van der Waals surface area contributed by atoms with Gasteiger partial charge in [-0.05, 0) is 50.3 Å². The predicted octanol–water partition coefficient (Wildman–Crippen LogP) is 3.06. The van der Waals surface area contributed by atoms with E-state index in [9.17, 15) is 8.42 Å². The zero-order valence-corrected chi connectivity index (χ0v) is 21.5. The van der Waals surface area contributed by atoms with Gasteiger partial charge in [-0.3, -0.25) is 0 Å². The Kier molecular flexibility index (Phi) is 8.62. The van der Waals surface area contributed by atoms with Gasteiger partial charge in [0.15, 0.2) is 5.96 Å². The number of nitrogens with zero attached hydrogens (tertiary/aromatic N) is 3. The average Bonchev–Trinajstić information content (AvgIpc) is 3.41. The molecule has 0 radical (unpaired) electrons. The van der Waals surface area contributed by atoms with Crippen molar-refractivity contribution in [2.75, 3.05) is 45.9 Å². The lowest BCUT2D eigenvalue weighted by molar-refractivity contribution is 0.156. The second-order valence-corrected chi connectivity index (χ2v) is 10.7. The van der Waals surface area contributed by atoms with E-state index in [1.807, 2.05) is 12.1 Å². The summed E-state index contributed by atoms with van der Waals surface area (Å²) in [6.07, 6.45) is 5.26. The Balaban J connectivity index is 0.00000272. The molecule has 3 saturated heterocycles. The molecule has 31 heavy (non-hydrogen) atoms. The summed E-state index contributed by atoms with van der Waals surface area (Å²) in [5.41, 5.74) is 1.19. The third-order valence-electron chi connectivity index (χ3n) is 6.52. The lowest BCUT2D eigenvalue weighted by Gasteiger charge is -2.26. The Hall–Kier alpha value is -0.910. The second-order valence-electron chi connectivity index (χ2n) is 8.76. The first-order valence-electron chi connectivity index (χ1n) is 11.2. The summed E-state index contributed by atoms with van der Waals surface area (Å²) in [5, 5.41) is 3.41. The topological polar surface area (TPSA) is 74.2 Å². The lowest BCUT2D eigenvalue weighted by Crippen LogP contribution is -2.41. The number of ether oxygens (including phenoxy) is 1. The standard InChI is InChI=1S/C22H34N4O3S.HI/c1-2-23-21(25-13-9-22(17-25)10-14-29-18-22)24-16-19-7-6-8-20(15-19)30(27,28)26-11-4-3-5-12-26;/h6-8,15H,2-5,9-14,16-18H2,1H3,(H,23,24);1H. The van der Waals surface area contributed by atoms with Crippen LogP contribution < -0.4 is 5.32 Å². The van der Waals surface area contributed by atoms with Gasteiger partial charge in [0, 0.05) is 44.7 Å². The molecule has 0 amide bonds. The first-order valence-corrected chi connectivity index (χ1v) is 12.7. The first kappa shape index (κ1) is 24.7. The molecular formula is C22H35IN4O3S. The van der Waals surface area contributed by atoms with Gasteiger partial charge in [-0.1, -0.05) is 18.6 Å². The smallest absolute Gasteiger partial charge is 0.243 e. The van der Waals surface area contributed by atoms with E-state index in [0.717, 1.165) is 76.5 Å². The fourth-order valence-corrected chi connectivity index (χ4v) is 6.33. The third kappa shape index (κ3) is 5.72. The highest BCUT2D eigenvalue weighted by atomic mass is 127. The van der Waals surface area contributed by atoms with Crippen LogP contribution in [0, 0.1) is 5.41 Å². The normalized spacial score (nSPS) is 25.1. The monoisotopic (exact) mass is 562 g/mol. The Morgan fingerprint density at radius 3 is 2.71 bits per heavy atom. The van der Waals surface area contributed by atoms with E-state index in [1.54, 1.807) is 16.4 Å². The zero-order valence-electron chi connectivity index (χ0n) is 18.4. The van der Waals surface area contributed by atoms with Crippen molar-refractivity contribution in [3.8, 4) is 0 Å². The Morgan fingerprint density at radius 2 is 2.00 bits per heavy atom. The number of rotatable bonds is 5. The number of guanidine groups is 1. The molecule has 9 heteroatoms. The summed E-state index contributed by atoms with van der Waals surface area (Å²) >= 11 is 0. The minimum absolute atomic E-state index is 0. The van der Waals surface area contributed by atoms with E-state index >= 15 is 0 Å². The molecule has 1 aromatic carbocycles. The first-order chi connectivity index (χ1) is 14.5. The van der Waals surface area contributed by atoms with Gasteiger partial charge in [-0.2, -0.15) is 4.31 Å². The zero-order chi connectivity index (χ0) is 21.0. The Bertz CT molecular complexity index is 865. The third-order valence-corrected chi connectivity index (χ3v) is 8.42. The van der Waals surface area contributed by atoms with E-state index in [-0.39, 0.29) is 29.4 Å². The number of benzene rings is 1. The summed E-state index contributed by atoms with van der Waals surface area (Å²) in [6.45, 7) is 8.26. The summed E-state index contributed by atoms with van der Waals surface area (Å²) in [6, 6.07) is 7.27. The summed E-state index contributed by atoms with van der Waals surface area (Å²) in [7, 11) is -3.42. The van der Waals surface area contributed by atoms with E-state index in [0.29, 0.717) is 24.5 Å². The fourth-order valence-electron chi connectivity index (χ4n) is 4.74. The number of aliphatic imine (C=N–C) groups is 1. The number of likely N-dealkylation sites (tertiary alicyclic amines) is 1. The van der Waals surface area contributed by atoms with Crippen LogP contribution in [-0.2, 0) is 21.3 Å². The number of halogens is 1. The fraction of sp³-hybridized carbons (Fsp3) is 0.682. The van der Waals surface area contributed by atoms with Crippen molar-refractivity contribution < 1.29 is 13.2 Å². The molecule has 1 unspecified atom stereocenters. The van der Waals surface area contributed by atoms with Crippen molar-refractivity contribution in [2.45, 2.75) is 50.5 Å². The van der Waals surface area contributed by atoms with Crippen LogP contribution in [0.3, 0.4) is 0 Å². The highest BCUT2D eigenvalue weighted by molar-refractivity contribution is 14.0. The molecule has 3 heterocycles. The highest BCUT2D eigenvalue weighted by Crippen LogP contribution is 2.38. The van der Waals surface area contributed by atoms with Crippen LogP contribution in [0.25, 0.3) is 0 Å². The van der Waals surface area contributed by atoms with Crippen LogP contribution >= 0.6 is 24.0 Å². The molecule has 174 valence electrons. The molecule has 0 bridgehead atoms. The van der Waals surface area contributed by atoms with Gasteiger partial charge in [-0.25, -0.2) is 13.4 Å². The molecule has 3 aliphatic rings. The van der Waals surface area contributed by atoms with E-state index in [1.165, 1.54) is 0 Å². The van der Waals surface area contributed by atoms with Crippen LogP contribution in [0.15, 0.2) is 34.2 Å². The van der Waals surface area contributed by atoms with Gasteiger partial charge in [0.25, 0.3) is 0 Å². The van der Waals surface area contributed by atoms with Gasteiger partial charge < -0.3 is 15.0 Å². The quantitative estimate of drug-likeness (QED) is 0.340. The minimum atomic E-state index is -3.42. The van der Waals surface area contributed by atoms with E-state index < -0.39 is 10.0 Å². The average molecular weight is 563 g/mol. The van der Waals surface area contributed by atoms with Crippen molar-refractivity contribution in [3.63, 3.8) is 0 Å². The maximum Gasteiger partial charge on any atom is 0.243 e. The number of sulfonamides is 1. The highest BCUT2D eigenvalue weighted by Gasteiger charge is 2.42. The molecule has 4 rings (SSSR count). The summed E-state index contributed by atoms with van der Waals surface area (Å²) < 4.78 is 33.2. The summed E-state index contributed by atoms with van der Waals surface area (Å²) in [5.74, 6) is 0.908. The SMILES string of the molecule is CCNC(=NCc1cccc(S(=O)(=O)N2CCCCC2)c1)N1CCC2(CCOC2)C1.I. The molecule has 1 aromatic rings. The number of nitrogens with one attached hydrogen (secondary N) is 1. The van der Waals surface area contributed by atoms with Crippen molar-refractivity contribution in [1.29, 1.82) is 0 Å². The molecule has 1 spiro atoms. The van der Waals surface area contributed by atoms with Crippen molar-refractivity contribution >= 4 is 40.0 Å². The minimum Gasteiger partial charge on any atom is -0.381 e. The van der Waals surface area contributed by atoms with Gasteiger partial charge in [-0.15, -0.1) is 24.0 Å². The summed E-state index contributed by atoms with van der Waals surface area (Å²) in [4.78, 5) is 7.54. The molecular weight excluding hydrogens is 527 g/mol. The van der Waals surface area contributed by atoms with Gasteiger partial charge in [0.2, 0.25) is 10.0 Å². The molecule has 0 aliphatic carbocycles. The van der Waals surface area contributed by atoms with Crippen molar-refractivity contribution in [3.05, 3.63) is 29.8 Å². The molecule has 1 atom stereocenters. The maximum absolute atomic E-state index is 13.0.